The molecule has 0 aliphatic carbocycles. The van der Waals surface area contributed by atoms with Crippen molar-refractivity contribution in [3.63, 3.8) is 0 Å². The van der Waals surface area contributed by atoms with Crippen LogP contribution in [0.5, 0.6) is 11.5 Å². The van der Waals surface area contributed by atoms with Gasteiger partial charge in [-0.15, -0.1) is 0 Å². The Bertz CT molecular complexity index is 695. The number of ether oxygens (including phenoxy) is 2. The van der Waals surface area contributed by atoms with Gasteiger partial charge in [-0.3, -0.25) is 4.79 Å². The van der Waals surface area contributed by atoms with E-state index in [1.54, 1.807) is 38.3 Å². The highest BCUT2D eigenvalue weighted by Crippen LogP contribution is 2.20. The largest absolute Gasteiger partial charge is 0.497 e. The molecule has 4 nitrogen and oxygen atoms in total. The zero-order chi connectivity index (χ0) is 17.7. The van der Waals surface area contributed by atoms with Gasteiger partial charge in [-0.05, 0) is 63.1 Å². The summed E-state index contributed by atoms with van der Waals surface area (Å²) in [5, 5.41) is 3.01. The maximum Gasteiger partial charge on any atom is 0.261 e. The summed E-state index contributed by atoms with van der Waals surface area (Å²) in [7, 11) is 1.61. The topological polar surface area (TPSA) is 47.6 Å². The van der Waals surface area contributed by atoms with Crippen LogP contribution in [0, 0.1) is 13.8 Å². The summed E-state index contributed by atoms with van der Waals surface area (Å²) in [4.78, 5) is 12.4. The van der Waals surface area contributed by atoms with Crippen LogP contribution in [0.3, 0.4) is 0 Å². The fourth-order valence-corrected chi connectivity index (χ4v) is 2.63. The minimum Gasteiger partial charge on any atom is -0.497 e. The van der Waals surface area contributed by atoms with E-state index in [1.807, 2.05) is 6.92 Å². The Balaban J connectivity index is 1.97. The van der Waals surface area contributed by atoms with Crippen molar-refractivity contribution in [2.24, 2.45) is 0 Å². The third-order valence-electron chi connectivity index (χ3n) is 3.99. The summed E-state index contributed by atoms with van der Waals surface area (Å²) >= 11 is 0. The van der Waals surface area contributed by atoms with Crippen LogP contribution in [0.4, 0.5) is 0 Å². The number of methoxy groups -OCH3 is 1. The highest BCUT2D eigenvalue weighted by molar-refractivity contribution is 5.81. The first-order valence-electron chi connectivity index (χ1n) is 8.09. The minimum atomic E-state index is -0.577. The molecule has 0 radical (unpaired) electrons. The third-order valence-corrected chi connectivity index (χ3v) is 3.99. The molecule has 1 amide bonds. The van der Waals surface area contributed by atoms with Gasteiger partial charge in [-0.25, -0.2) is 0 Å². The molecule has 128 valence electrons. The number of amides is 1. The number of carbonyl (C=O) groups excluding carboxylic acids is 1. The predicted octanol–water partition coefficient (Wildman–Crippen LogP) is 3.96. The minimum absolute atomic E-state index is 0.0694. The zero-order valence-electron chi connectivity index (χ0n) is 14.9. The second kappa shape index (κ2) is 7.86. The Kier molecular flexibility index (Phi) is 5.85. The number of hydrogen-bond acceptors (Lipinski definition) is 3. The predicted molar refractivity (Wildman–Crippen MR) is 95.6 cm³/mol. The lowest BCUT2D eigenvalue weighted by Gasteiger charge is -2.20. The number of rotatable bonds is 6. The van der Waals surface area contributed by atoms with Crippen LogP contribution in [0.2, 0.25) is 0 Å². The van der Waals surface area contributed by atoms with E-state index in [0.29, 0.717) is 5.75 Å². The van der Waals surface area contributed by atoms with Crippen molar-refractivity contribution < 1.29 is 14.3 Å². The van der Waals surface area contributed by atoms with E-state index >= 15 is 0 Å². The summed E-state index contributed by atoms with van der Waals surface area (Å²) < 4.78 is 10.8. The Morgan fingerprint density at radius 3 is 2.21 bits per heavy atom. The maximum absolute atomic E-state index is 12.4. The van der Waals surface area contributed by atoms with Crippen LogP contribution in [0.25, 0.3) is 0 Å². The summed E-state index contributed by atoms with van der Waals surface area (Å²) in [6.45, 7) is 7.84. The Hall–Kier alpha value is -2.49. The molecule has 2 aromatic rings. The van der Waals surface area contributed by atoms with Gasteiger partial charge in [0.15, 0.2) is 6.10 Å². The fraction of sp³-hybridized carbons (Fsp3) is 0.350. The van der Waals surface area contributed by atoms with Crippen molar-refractivity contribution >= 4 is 5.91 Å². The van der Waals surface area contributed by atoms with Gasteiger partial charge < -0.3 is 14.8 Å². The molecule has 0 fully saturated rings. The van der Waals surface area contributed by atoms with E-state index in [0.717, 1.165) is 11.3 Å². The number of aryl methyl sites for hydroxylation is 2. The van der Waals surface area contributed by atoms with Crippen LogP contribution in [-0.4, -0.2) is 19.1 Å². The number of hydrogen-bond donors (Lipinski definition) is 1. The van der Waals surface area contributed by atoms with Crippen LogP contribution in [0.1, 0.15) is 36.6 Å². The highest BCUT2D eigenvalue weighted by Gasteiger charge is 2.18. The van der Waals surface area contributed by atoms with Crippen molar-refractivity contribution in [2.45, 2.75) is 39.8 Å². The van der Waals surface area contributed by atoms with E-state index in [9.17, 15) is 4.79 Å². The van der Waals surface area contributed by atoms with E-state index < -0.39 is 6.10 Å². The van der Waals surface area contributed by atoms with Crippen LogP contribution >= 0.6 is 0 Å². The Labute approximate surface area is 143 Å². The standard InChI is InChI=1S/C20H25NO3/c1-13-6-11-19(14(2)12-13)15(3)21-20(22)16(4)24-18-9-7-17(23-5)8-10-18/h6-12,15-16H,1-5H3,(H,21,22)/t15-,16-/m0/s1. The lowest BCUT2D eigenvalue weighted by atomic mass is 10.0. The molecule has 2 atom stereocenters. The molecule has 24 heavy (non-hydrogen) atoms. The molecule has 1 N–H and O–H groups in total. The molecule has 2 rings (SSSR count). The normalized spacial score (nSPS) is 13.0. The average molecular weight is 327 g/mol. The second-order valence-electron chi connectivity index (χ2n) is 6.03. The average Bonchev–Trinajstić information content (AvgIpc) is 2.55. The summed E-state index contributed by atoms with van der Waals surface area (Å²) in [6, 6.07) is 13.4. The molecule has 0 heterocycles. The van der Waals surface area contributed by atoms with E-state index in [1.165, 1.54) is 11.1 Å². The maximum atomic E-state index is 12.4. The van der Waals surface area contributed by atoms with Crippen molar-refractivity contribution in [3.8, 4) is 11.5 Å². The SMILES string of the molecule is COc1ccc(O[C@@H](C)C(=O)N[C@@H](C)c2ccc(C)cc2C)cc1. The first-order chi connectivity index (χ1) is 11.4. The van der Waals surface area contributed by atoms with Gasteiger partial charge in [0.25, 0.3) is 5.91 Å². The lowest BCUT2D eigenvalue weighted by molar-refractivity contribution is -0.127. The fourth-order valence-electron chi connectivity index (χ4n) is 2.63. The molecule has 0 aromatic heterocycles. The van der Waals surface area contributed by atoms with E-state index in [4.69, 9.17) is 9.47 Å². The monoisotopic (exact) mass is 327 g/mol. The second-order valence-corrected chi connectivity index (χ2v) is 6.03. The Morgan fingerprint density at radius 1 is 1.00 bits per heavy atom. The lowest BCUT2D eigenvalue weighted by Crippen LogP contribution is -2.37. The van der Waals surface area contributed by atoms with Crippen molar-refractivity contribution in [1.29, 1.82) is 0 Å². The Morgan fingerprint density at radius 2 is 1.62 bits per heavy atom. The first-order valence-corrected chi connectivity index (χ1v) is 8.09. The van der Waals surface area contributed by atoms with Crippen LogP contribution in [-0.2, 0) is 4.79 Å². The van der Waals surface area contributed by atoms with Gasteiger partial charge in [0, 0.05) is 0 Å². The summed E-state index contributed by atoms with van der Waals surface area (Å²) in [6.07, 6.45) is -0.577. The van der Waals surface area contributed by atoms with Crippen LogP contribution in [0.15, 0.2) is 42.5 Å². The molecule has 2 aromatic carbocycles. The molecular weight excluding hydrogens is 302 g/mol. The molecule has 0 saturated carbocycles. The molecular formula is C20H25NO3. The van der Waals surface area contributed by atoms with Gasteiger partial charge >= 0.3 is 0 Å². The van der Waals surface area contributed by atoms with E-state index in [2.05, 4.69) is 37.4 Å². The molecule has 0 aliphatic heterocycles. The summed E-state index contributed by atoms with van der Waals surface area (Å²) in [5.74, 6) is 1.25. The van der Waals surface area contributed by atoms with Gasteiger partial charge in [0.05, 0.1) is 13.2 Å². The van der Waals surface area contributed by atoms with Gasteiger partial charge in [0.1, 0.15) is 11.5 Å². The zero-order valence-corrected chi connectivity index (χ0v) is 14.9. The van der Waals surface area contributed by atoms with Crippen molar-refractivity contribution in [3.05, 3.63) is 59.2 Å². The third kappa shape index (κ3) is 4.51. The number of nitrogens with one attached hydrogen (secondary N) is 1. The van der Waals surface area contributed by atoms with Gasteiger partial charge in [-0.1, -0.05) is 23.8 Å². The molecule has 0 spiro atoms. The number of carbonyl (C=O) groups is 1. The molecule has 0 saturated heterocycles. The highest BCUT2D eigenvalue weighted by atomic mass is 16.5. The van der Waals surface area contributed by atoms with Crippen molar-refractivity contribution in [2.75, 3.05) is 7.11 Å². The van der Waals surface area contributed by atoms with E-state index in [-0.39, 0.29) is 11.9 Å². The molecule has 0 bridgehead atoms. The smallest absolute Gasteiger partial charge is 0.261 e. The van der Waals surface area contributed by atoms with Gasteiger partial charge in [-0.2, -0.15) is 0 Å². The van der Waals surface area contributed by atoms with Crippen molar-refractivity contribution in [1.82, 2.24) is 5.32 Å². The molecule has 0 aliphatic rings. The number of benzene rings is 2. The summed E-state index contributed by atoms with van der Waals surface area (Å²) in [5.41, 5.74) is 3.50. The first kappa shape index (κ1) is 17.9. The van der Waals surface area contributed by atoms with Crippen LogP contribution < -0.4 is 14.8 Å². The van der Waals surface area contributed by atoms with Gasteiger partial charge in [0.2, 0.25) is 0 Å². The quantitative estimate of drug-likeness (QED) is 0.874. The molecule has 4 heteroatoms. The molecule has 0 unspecified atom stereocenters.